The molecule has 0 spiro atoms. The zero-order chi connectivity index (χ0) is 21.3. The molecule has 2 N–H and O–H groups in total. The molecular weight excluding hydrogens is 382 g/mol. The summed E-state index contributed by atoms with van der Waals surface area (Å²) in [5.41, 5.74) is 3.84. The van der Waals surface area contributed by atoms with Crippen LogP contribution in [0.1, 0.15) is 41.8 Å². The summed E-state index contributed by atoms with van der Waals surface area (Å²) in [6.07, 6.45) is 1.68. The summed E-state index contributed by atoms with van der Waals surface area (Å²) < 4.78 is 10.7. The minimum atomic E-state index is -0.890. The zero-order valence-electron chi connectivity index (χ0n) is 17.5. The Balaban J connectivity index is 1.54. The van der Waals surface area contributed by atoms with Gasteiger partial charge in [0.2, 0.25) is 0 Å². The van der Waals surface area contributed by atoms with Gasteiger partial charge in [-0.15, -0.1) is 0 Å². The fraction of sp³-hybridized carbons (Fsp3) is 0.391. The van der Waals surface area contributed by atoms with E-state index in [1.807, 2.05) is 11.0 Å². The van der Waals surface area contributed by atoms with Gasteiger partial charge < -0.3 is 19.6 Å². The van der Waals surface area contributed by atoms with Crippen LogP contribution in [0.2, 0.25) is 0 Å². The van der Waals surface area contributed by atoms with E-state index in [9.17, 15) is 9.90 Å². The number of methoxy groups -OCH3 is 2. The third-order valence-corrected chi connectivity index (χ3v) is 5.90. The van der Waals surface area contributed by atoms with E-state index >= 15 is 0 Å². The molecule has 0 saturated carbocycles. The molecule has 1 saturated heterocycles. The molecule has 1 aliphatic heterocycles. The number of aromatic nitrogens is 2. The third kappa shape index (κ3) is 3.85. The number of fused-ring (bicyclic) bond motifs is 1. The highest BCUT2D eigenvalue weighted by molar-refractivity contribution is 5.77. The number of ether oxygens (including phenoxy) is 2. The number of aromatic amines is 1. The topological polar surface area (TPSA) is 87.7 Å². The van der Waals surface area contributed by atoms with E-state index in [2.05, 4.69) is 24.0 Å². The summed E-state index contributed by atoms with van der Waals surface area (Å²) in [6, 6.07) is 10.7. The van der Waals surface area contributed by atoms with E-state index in [-0.39, 0.29) is 5.92 Å². The van der Waals surface area contributed by atoms with Crippen LogP contribution in [0.3, 0.4) is 0 Å². The van der Waals surface area contributed by atoms with Crippen molar-refractivity contribution in [3.05, 3.63) is 53.3 Å². The van der Waals surface area contributed by atoms with E-state index in [1.54, 1.807) is 32.4 Å². The van der Waals surface area contributed by atoms with Gasteiger partial charge in [-0.25, -0.2) is 4.98 Å². The predicted molar refractivity (Wildman–Crippen MR) is 114 cm³/mol. The van der Waals surface area contributed by atoms with Crippen molar-refractivity contribution in [2.75, 3.05) is 27.3 Å². The molecule has 1 aliphatic rings. The maximum Gasteiger partial charge on any atom is 0.325 e. The fourth-order valence-corrected chi connectivity index (χ4v) is 4.31. The monoisotopic (exact) mass is 409 g/mol. The van der Waals surface area contributed by atoms with Gasteiger partial charge in [-0.05, 0) is 68.8 Å². The molecular formula is C23H27N3O4. The van der Waals surface area contributed by atoms with Crippen molar-refractivity contribution in [3.63, 3.8) is 0 Å². The molecule has 0 aliphatic carbocycles. The molecule has 1 aromatic heterocycles. The van der Waals surface area contributed by atoms with Gasteiger partial charge >= 0.3 is 5.97 Å². The first-order valence-corrected chi connectivity index (χ1v) is 10.1. The highest BCUT2D eigenvalue weighted by atomic mass is 16.5. The highest BCUT2D eigenvalue weighted by Crippen LogP contribution is 2.37. The summed E-state index contributed by atoms with van der Waals surface area (Å²) in [5.74, 6) is 1.55. The van der Waals surface area contributed by atoms with Crippen LogP contribution < -0.4 is 9.47 Å². The summed E-state index contributed by atoms with van der Waals surface area (Å²) in [5, 5.41) is 10.0. The smallest absolute Gasteiger partial charge is 0.325 e. The number of imidazole rings is 1. The summed E-state index contributed by atoms with van der Waals surface area (Å²) in [4.78, 5) is 22.4. The molecule has 158 valence electrons. The number of hydrogen-bond acceptors (Lipinski definition) is 5. The van der Waals surface area contributed by atoms with Gasteiger partial charge in [-0.2, -0.15) is 0 Å². The van der Waals surface area contributed by atoms with Crippen LogP contribution in [0.5, 0.6) is 11.5 Å². The largest absolute Gasteiger partial charge is 0.497 e. The Labute approximate surface area is 175 Å². The van der Waals surface area contributed by atoms with Gasteiger partial charge in [0.1, 0.15) is 23.4 Å². The number of hydrogen-bond donors (Lipinski definition) is 2. The quantitative estimate of drug-likeness (QED) is 0.642. The zero-order valence-corrected chi connectivity index (χ0v) is 17.5. The number of rotatable bonds is 6. The lowest BCUT2D eigenvalue weighted by atomic mass is 9.93. The Kier molecular flexibility index (Phi) is 5.63. The molecule has 0 amide bonds. The first kappa shape index (κ1) is 20.2. The maximum atomic E-state index is 12.2. The average Bonchev–Trinajstić information content (AvgIpc) is 3.17. The Hall–Kier alpha value is -3.06. The first-order valence-electron chi connectivity index (χ1n) is 10.1. The van der Waals surface area contributed by atoms with Crippen LogP contribution in [0.25, 0.3) is 11.0 Å². The van der Waals surface area contributed by atoms with Gasteiger partial charge in [-0.1, -0.05) is 6.07 Å². The van der Waals surface area contributed by atoms with Crippen molar-refractivity contribution in [2.45, 2.75) is 31.7 Å². The maximum absolute atomic E-state index is 12.2. The molecule has 3 aromatic rings. The number of nitrogens with one attached hydrogen (secondary N) is 1. The van der Waals surface area contributed by atoms with E-state index in [0.717, 1.165) is 29.7 Å². The number of H-pyrrole nitrogens is 1. The molecule has 7 heteroatoms. The predicted octanol–water partition coefficient (Wildman–Crippen LogP) is 3.89. The number of nitrogens with zero attached hydrogens (tertiary/aromatic N) is 2. The lowest BCUT2D eigenvalue weighted by Crippen LogP contribution is -2.40. The number of carboxylic acid groups (broad SMARTS) is 1. The molecule has 2 aromatic carbocycles. The van der Waals surface area contributed by atoms with Gasteiger partial charge in [0.05, 0.1) is 25.3 Å². The summed E-state index contributed by atoms with van der Waals surface area (Å²) in [6.45, 7) is 3.40. The van der Waals surface area contributed by atoms with Crippen LogP contribution in [0.15, 0.2) is 36.4 Å². The highest BCUT2D eigenvalue weighted by Gasteiger charge is 2.34. The van der Waals surface area contributed by atoms with Crippen LogP contribution in [-0.2, 0) is 4.79 Å². The van der Waals surface area contributed by atoms with Crippen LogP contribution >= 0.6 is 0 Å². The SMILES string of the molecule is COc1ccc(OC)c(C(C(=O)O)N2CCC(c3nc4ccc(C)cc4[nH]3)CC2)c1. The van der Waals surface area contributed by atoms with Crippen molar-refractivity contribution < 1.29 is 19.4 Å². The van der Waals surface area contributed by atoms with Crippen LogP contribution in [-0.4, -0.2) is 53.3 Å². The second-order valence-corrected chi connectivity index (χ2v) is 7.80. The standard InChI is InChI=1S/C23H27N3O4/c1-14-4-6-18-19(12-14)25-22(24-18)15-8-10-26(11-9-15)21(23(27)28)17-13-16(29-2)5-7-20(17)30-3/h4-7,12-13,15,21H,8-11H2,1-3H3,(H,24,25)(H,27,28). The number of piperidine rings is 1. The summed E-state index contributed by atoms with van der Waals surface area (Å²) in [7, 11) is 3.13. The molecule has 1 unspecified atom stereocenters. The number of aliphatic carboxylic acids is 1. The van der Waals surface area contributed by atoms with Crippen LogP contribution in [0, 0.1) is 6.92 Å². The van der Waals surface area contributed by atoms with Gasteiger partial charge in [0, 0.05) is 11.5 Å². The van der Waals surface area contributed by atoms with Crippen molar-refractivity contribution in [1.29, 1.82) is 0 Å². The molecule has 0 radical (unpaired) electrons. The average molecular weight is 409 g/mol. The number of carboxylic acids is 1. The van der Waals surface area contributed by atoms with Gasteiger partial charge in [0.25, 0.3) is 0 Å². The second-order valence-electron chi connectivity index (χ2n) is 7.80. The van der Waals surface area contributed by atoms with Gasteiger partial charge in [0.15, 0.2) is 0 Å². The second kappa shape index (κ2) is 8.36. The fourth-order valence-electron chi connectivity index (χ4n) is 4.31. The van der Waals surface area contributed by atoms with Crippen molar-refractivity contribution >= 4 is 17.0 Å². The number of carbonyl (C=O) groups is 1. The van der Waals surface area contributed by atoms with E-state index in [0.29, 0.717) is 30.2 Å². The molecule has 0 bridgehead atoms. The normalized spacial score (nSPS) is 16.5. The Morgan fingerprint density at radius 1 is 1.17 bits per heavy atom. The van der Waals surface area contributed by atoms with Crippen molar-refractivity contribution in [3.8, 4) is 11.5 Å². The lowest BCUT2D eigenvalue weighted by Gasteiger charge is -2.35. The molecule has 30 heavy (non-hydrogen) atoms. The Bertz CT molecular complexity index is 1050. The van der Waals surface area contributed by atoms with E-state index < -0.39 is 12.0 Å². The van der Waals surface area contributed by atoms with E-state index in [4.69, 9.17) is 14.5 Å². The number of likely N-dealkylation sites (tertiary alicyclic amines) is 1. The third-order valence-electron chi connectivity index (χ3n) is 5.90. The van der Waals surface area contributed by atoms with E-state index in [1.165, 1.54) is 5.56 Å². The Morgan fingerprint density at radius 2 is 1.93 bits per heavy atom. The molecule has 1 fully saturated rings. The molecule has 2 heterocycles. The minimum absolute atomic E-state index is 0.288. The molecule has 7 nitrogen and oxygen atoms in total. The molecule has 1 atom stereocenters. The van der Waals surface area contributed by atoms with Crippen molar-refractivity contribution in [1.82, 2.24) is 14.9 Å². The van der Waals surface area contributed by atoms with Crippen LogP contribution in [0.4, 0.5) is 0 Å². The Morgan fingerprint density at radius 3 is 2.60 bits per heavy atom. The number of aryl methyl sites for hydroxylation is 1. The lowest BCUT2D eigenvalue weighted by molar-refractivity contribution is -0.144. The first-order chi connectivity index (χ1) is 14.5. The van der Waals surface area contributed by atoms with Gasteiger partial charge in [-0.3, -0.25) is 9.69 Å². The minimum Gasteiger partial charge on any atom is -0.497 e. The van der Waals surface area contributed by atoms with Crippen molar-refractivity contribution in [2.24, 2.45) is 0 Å². The summed E-state index contributed by atoms with van der Waals surface area (Å²) >= 11 is 0. The molecule has 4 rings (SSSR count). The number of benzene rings is 2.